The molecule has 29 heavy (non-hydrogen) atoms. The van der Waals surface area contributed by atoms with Crippen LogP contribution in [0.5, 0.6) is 23.0 Å². The molecule has 7 nitrogen and oxygen atoms in total. The number of ether oxygens (including phenoxy) is 3. The van der Waals surface area contributed by atoms with E-state index in [1.165, 1.54) is 20.3 Å². The first kappa shape index (κ1) is 22.1. The number of phenols is 1. The maximum atomic E-state index is 12.5. The zero-order valence-electron chi connectivity index (χ0n) is 17.5. The lowest BCUT2D eigenvalue weighted by Crippen LogP contribution is -2.19. The molecule has 0 radical (unpaired) electrons. The standard InChI is InChI=1S/C22H28N2O5/c1-14(2)10-11-29-20-9-6-16(12-21(20)28-5)22(26)24-23-15(3)18-13-17(27-4)7-8-19(18)25/h6-9,12-14,25H,10-11H2,1-5H3,(H,24,26)/b23-15+. The Kier molecular flexibility index (Phi) is 7.88. The smallest absolute Gasteiger partial charge is 0.271 e. The Morgan fingerprint density at radius 2 is 1.86 bits per heavy atom. The zero-order chi connectivity index (χ0) is 21.4. The van der Waals surface area contributed by atoms with Gasteiger partial charge in [0.25, 0.3) is 5.91 Å². The molecule has 156 valence electrons. The van der Waals surface area contributed by atoms with Gasteiger partial charge in [0.1, 0.15) is 11.5 Å². The van der Waals surface area contributed by atoms with Gasteiger partial charge in [-0.05, 0) is 55.7 Å². The Balaban J connectivity index is 2.11. The Morgan fingerprint density at radius 1 is 1.10 bits per heavy atom. The molecule has 0 atom stereocenters. The van der Waals surface area contributed by atoms with E-state index in [-0.39, 0.29) is 5.75 Å². The summed E-state index contributed by atoms with van der Waals surface area (Å²) in [5.41, 5.74) is 3.78. The molecular weight excluding hydrogens is 372 g/mol. The molecule has 0 aliphatic carbocycles. The van der Waals surface area contributed by atoms with Crippen LogP contribution < -0.4 is 19.6 Å². The fraction of sp³-hybridized carbons (Fsp3) is 0.364. The quantitative estimate of drug-likeness (QED) is 0.491. The topological polar surface area (TPSA) is 89.4 Å². The zero-order valence-corrected chi connectivity index (χ0v) is 17.5. The second-order valence-electron chi connectivity index (χ2n) is 6.92. The Hall–Kier alpha value is -3.22. The molecule has 0 saturated heterocycles. The number of nitrogens with one attached hydrogen (secondary N) is 1. The number of phenolic OH excluding ortho intramolecular Hbond substituents is 1. The predicted octanol–water partition coefficient (Wildman–Crippen LogP) is 3.99. The van der Waals surface area contributed by atoms with Gasteiger partial charge in [0.2, 0.25) is 0 Å². The van der Waals surface area contributed by atoms with Crippen LogP contribution >= 0.6 is 0 Å². The van der Waals surface area contributed by atoms with E-state index in [2.05, 4.69) is 24.4 Å². The average molecular weight is 400 g/mol. The average Bonchev–Trinajstić information content (AvgIpc) is 2.72. The van der Waals surface area contributed by atoms with Crippen LogP contribution in [0.4, 0.5) is 0 Å². The fourth-order valence-corrected chi connectivity index (χ4v) is 2.52. The summed E-state index contributed by atoms with van der Waals surface area (Å²) in [6.45, 7) is 6.51. The van der Waals surface area contributed by atoms with Gasteiger partial charge in [0, 0.05) is 11.1 Å². The molecule has 2 aromatic rings. The number of carbonyl (C=O) groups excluding carboxylic acids is 1. The van der Waals surface area contributed by atoms with Crippen LogP contribution in [0, 0.1) is 5.92 Å². The first-order chi connectivity index (χ1) is 13.8. The Morgan fingerprint density at radius 3 is 2.52 bits per heavy atom. The number of methoxy groups -OCH3 is 2. The van der Waals surface area contributed by atoms with Crippen LogP contribution in [0.25, 0.3) is 0 Å². The van der Waals surface area contributed by atoms with Gasteiger partial charge in [-0.2, -0.15) is 5.10 Å². The lowest BCUT2D eigenvalue weighted by atomic mass is 10.1. The Bertz CT molecular complexity index is 878. The van der Waals surface area contributed by atoms with Crippen molar-refractivity contribution >= 4 is 11.6 Å². The van der Waals surface area contributed by atoms with Crippen LogP contribution in [-0.2, 0) is 0 Å². The molecule has 7 heteroatoms. The van der Waals surface area contributed by atoms with Gasteiger partial charge >= 0.3 is 0 Å². The molecule has 0 heterocycles. The van der Waals surface area contributed by atoms with Gasteiger partial charge in [-0.25, -0.2) is 5.43 Å². The van der Waals surface area contributed by atoms with E-state index < -0.39 is 5.91 Å². The molecule has 2 rings (SSSR count). The summed E-state index contributed by atoms with van der Waals surface area (Å²) >= 11 is 0. The molecule has 0 aromatic heterocycles. The van der Waals surface area contributed by atoms with Crippen LogP contribution in [0.3, 0.4) is 0 Å². The number of hydrogen-bond donors (Lipinski definition) is 2. The fourth-order valence-electron chi connectivity index (χ4n) is 2.52. The van der Waals surface area contributed by atoms with Crippen LogP contribution in [0.2, 0.25) is 0 Å². The summed E-state index contributed by atoms with van der Waals surface area (Å²) in [5.74, 6) is 1.83. The number of amides is 1. The summed E-state index contributed by atoms with van der Waals surface area (Å²) in [6.07, 6.45) is 0.927. The number of hydrogen-bond acceptors (Lipinski definition) is 6. The molecule has 1 amide bonds. The van der Waals surface area contributed by atoms with Crippen LogP contribution in [0.1, 0.15) is 43.1 Å². The third kappa shape index (κ3) is 6.14. The predicted molar refractivity (Wildman–Crippen MR) is 112 cm³/mol. The third-order valence-corrected chi connectivity index (χ3v) is 4.30. The maximum absolute atomic E-state index is 12.5. The van der Waals surface area contributed by atoms with E-state index >= 15 is 0 Å². The summed E-state index contributed by atoms with van der Waals surface area (Å²) in [5, 5.41) is 14.1. The third-order valence-electron chi connectivity index (χ3n) is 4.30. The normalized spacial score (nSPS) is 11.3. The van der Waals surface area contributed by atoms with Gasteiger partial charge in [-0.15, -0.1) is 0 Å². The van der Waals surface area contributed by atoms with Crippen LogP contribution in [-0.4, -0.2) is 37.6 Å². The van der Waals surface area contributed by atoms with Gasteiger partial charge < -0.3 is 19.3 Å². The summed E-state index contributed by atoms with van der Waals surface area (Å²) < 4.78 is 16.2. The molecule has 0 saturated carbocycles. The lowest BCUT2D eigenvalue weighted by molar-refractivity contribution is 0.0954. The highest BCUT2D eigenvalue weighted by Crippen LogP contribution is 2.28. The minimum Gasteiger partial charge on any atom is -0.507 e. The molecule has 0 spiro atoms. The number of hydrazone groups is 1. The van der Waals surface area contributed by atoms with Crippen molar-refractivity contribution in [2.75, 3.05) is 20.8 Å². The molecule has 0 unspecified atom stereocenters. The van der Waals surface area contributed by atoms with E-state index in [1.807, 2.05) is 0 Å². The van der Waals surface area contributed by atoms with E-state index in [0.29, 0.717) is 46.6 Å². The van der Waals surface area contributed by atoms with Crippen molar-refractivity contribution in [1.82, 2.24) is 5.43 Å². The molecule has 2 N–H and O–H groups in total. The molecule has 0 aliphatic rings. The van der Waals surface area contributed by atoms with Gasteiger partial charge in [0.15, 0.2) is 11.5 Å². The minimum absolute atomic E-state index is 0.0471. The van der Waals surface area contributed by atoms with Crippen molar-refractivity contribution in [2.45, 2.75) is 27.2 Å². The molecular formula is C22H28N2O5. The largest absolute Gasteiger partial charge is 0.507 e. The monoisotopic (exact) mass is 400 g/mol. The number of benzene rings is 2. The van der Waals surface area contributed by atoms with Crippen molar-refractivity contribution in [1.29, 1.82) is 0 Å². The van der Waals surface area contributed by atoms with E-state index in [9.17, 15) is 9.90 Å². The van der Waals surface area contributed by atoms with E-state index in [0.717, 1.165) is 6.42 Å². The second kappa shape index (κ2) is 10.4. The van der Waals surface area contributed by atoms with Crippen molar-refractivity contribution in [3.63, 3.8) is 0 Å². The van der Waals surface area contributed by atoms with Crippen molar-refractivity contribution < 1.29 is 24.1 Å². The van der Waals surface area contributed by atoms with Crippen molar-refractivity contribution in [3.05, 3.63) is 47.5 Å². The summed E-state index contributed by atoms with van der Waals surface area (Å²) in [6, 6.07) is 9.76. The minimum atomic E-state index is -0.404. The van der Waals surface area contributed by atoms with Gasteiger partial charge in [0.05, 0.1) is 26.5 Å². The summed E-state index contributed by atoms with van der Waals surface area (Å²) in [4.78, 5) is 12.5. The molecule has 0 bridgehead atoms. The highest BCUT2D eigenvalue weighted by atomic mass is 16.5. The molecule has 2 aromatic carbocycles. The number of nitrogens with zero attached hydrogens (tertiary/aromatic N) is 1. The van der Waals surface area contributed by atoms with Crippen LogP contribution in [0.15, 0.2) is 41.5 Å². The second-order valence-corrected chi connectivity index (χ2v) is 6.92. The number of aromatic hydroxyl groups is 1. The highest BCUT2D eigenvalue weighted by molar-refractivity contribution is 6.03. The van der Waals surface area contributed by atoms with Crippen molar-refractivity contribution in [2.24, 2.45) is 11.0 Å². The molecule has 0 fully saturated rings. The van der Waals surface area contributed by atoms with Crippen molar-refractivity contribution in [3.8, 4) is 23.0 Å². The van der Waals surface area contributed by atoms with Gasteiger partial charge in [-0.1, -0.05) is 13.8 Å². The molecule has 0 aliphatic heterocycles. The first-order valence-electron chi connectivity index (χ1n) is 9.38. The van der Waals surface area contributed by atoms with E-state index in [4.69, 9.17) is 14.2 Å². The van der Waals surface area contributed by atoms with E-state index in [1.54, 1.807) is 37.3 Å². The van der Waals surface area contributed by atoms with Gasteiger partial charge in [-0.3, -0.25) is 4.79 Å². The SMILES string of the molecule is COc1ccc(O)c(/C(C)=N/NC(=O)c2ccc(OCCC(C)C)c(OC)c2)c1. The first-order valence-corrected chi connectivity index (χ1v) is 9.38. The Labute approximate surface area is 171 Å². The summed E-state index contributed by atoms with van der Waals surface area (Å²) in [7, 11) is 3.06. The number of rotatable bonds is 9. The number of carbonyl (C=O) groups is 1. The lowest BCUT2D eigenvalue weighted by Gasteiger charge is -2.13. The highest BCUT2D eigenvalue weighted by Gasteiger charge is 2.12. The maximum Gasteiger partial charge on any atom is 0.271 e.